The van der Waals surface area contributed by atoms with Gasteiger partial charge in [0.2, 0.25) is 0 Å². The van der Waals surface area contributed by atoms with Crippen LogP contribution in [0.3, 0.4) is 0 Å². The number of benzene rings is 2. The molecule has 5 nitrogen and oxygen atoms in total. The lowest BCUT2D eigenvalue weighted by atomic mass is 10.1. The Hall–Kier alpha value is -2.49. The molecular weight excluding hydrogens is 420 g/mol. The molecule has 7 heteroatoms. The number of aryl methyl sites for hydroxylation is 1. The molecule has 2 aromatic rings. The minimum Gasteiger partial charge on any atom is -0.496 e. The lowest BCUT2D eigenvalue weighted by Crippen LogP contribution is -2.13. The molecule has 1 N–H and O–H groups in total. The maximum atomic E-state index is 12.4. The van der Waals surface area contributed by atoms with Gasteiger partial charge < -0.3 is 14.8 Å². The van der Waals surface area contributed by atoms with Crippen molar-refractivity contribution < 1.29 is 14.3 Å². The minimum absolute atomic E-state index is 0.0722. The quantitative estimate of drug-likeness (QED) is 0.531. The van der Waals surface area contributed by atoms with E-state index in [-0.39, 0.29) is 5.57 Å². The van der Waals surface area contributed by atoms with Gasteiger partial charge in [-0.1, -0.05) is 17.7 Å². The number of anilines is 1. The molecule has 0 saturated heterocycles. The molecule has 2 rings (SSSR count). The van der Waals surface area contributed by atoms with E-state index in [1.54, 1.807) is 30.3 Å². The fourth-order valence-electron chi connectivity index (χ4n) is 2.17. The summed E-state index contributed by atoms with van der Waals surface area (Å²) in [5.41, 5.74) is 1.90. The topological polar surface area (TPSA) is 71.3 Å². The van der Waals surface area contributed by atoms with Gasteiger partial charge in [0.15, 0.2) is 0 Å². The summed E-state index contributed by atoms with van der Waals surface area (Å²) in [7, 11) is 3.04. The fraction of sp³-hybridized carbons (Fsp3) is 0.158. The summed E-state index contributed by atoms with van der Waals surface area (Å²) >= 11 is 9.44. The molecule has 134 valence electrons. The normalized spacial score (nSPS) is 10.8. The van der Waals surface area contributed by atoms with E-state index in [0.717, 1.165) is 5.56 Å². The van der Waals surface area contributed by atoms with Crippen LogP contribution in [0, 0.1) is 18.3 Å². The van der Waals surface area contributed by atoms with E-state index < -0.39 is 5.91 Å². The molecule has 0 aliphatic heterocycles. The SMILES string of the molecule is COc1cc(OC)c(/C=C(\C#N)C(=O)Nc2ccc(C)c(Cl)c2)cc1Br. The average molecular weight is 436 g/mol. The lowest BCUT2D eigenvalue weighted by molar-refractivity contribution is -0.112. The van der Waals surface area contributed by atoms with Crippen LogP contribution in [0.2, 0.25) is 5.02 Å². The van der Waals surface area contributed by atoms with Crippen LogP contribution >= 0.6 is 27.5 Å². The molecule has 0 aromatic heterocycles. The van der Waals surface area contributed by atoms with Crippen molar-refractivity contribution in [1.29, 1.82) is 5.26 Å². The van der Waals surface area contributed by atoms with Crippen LogP contribution in [0.1, 0.15) is 11.1 Å². The minimum atomic E-state index is -0.540. The number of ether oxygens (including phenoxy) is 2. The smallest absolute Gasteiger partial charge is 0.266 e. The number of hydrogen-bond acceptors (Lipinski definition) is 4. The third-order valence-corrected chi connectivity index (χ3v) is 4.63. The van der Waals surface area contributed by atoms with Crippen molar-refractivity contribution in [2.75, 3.05) is 19.5 Å². The Labute approximate surface area is 165 Å². The number of rotatable bonds is 5. The number of methoxy groups -OCH3 is 2. The highest BCUT2D eigenvalue weighted by Gasteiger charge is 2.14. The number of amides is 1. The molecule has 0 heterocycles. The maximum absolute atomic E-state index is 12.4. The number of nitrogens with one attached hydrogen (secondary N) is 1. The van der Waals surface area contributed by atoms with Gasteiger partial charge in [0.1, 0.15) is 23.1 Å². The standard InChI is InChI=1S/C19H16BrClN2O3/c1-11-4-5-14(8-16(11)21)23-19(24)13(10-22)6-12-7-15(20)18(26-3)9-17(12)25-2/h4-9H,1-3H3,(H,23,24)/b13-6+. The van der Waals surface area contributed by atoms with E-state index in [0.29, 0.717) is 32.2 Å². The molecule has 0 unspecified atom stereocenters. The van der Waals surface area contributed by atoms with Gasteiger partial charge in [-0.05, 0) is 52.7 Å². The molecule has 0 saturated carbocycles. The third kappa shape index (κ3) is 4.57. The highest BCUT2D eigenvalue weighted by Crippen LogP contribution is 2.34. The number of halogens is 2. The van der Waals surface area contributed by atoms with Crippen LogP contribution < -0.4 is 14.8 Å². The Morgan fingerprint density at radius 2 is 1.92 bits per heavy atom. The monoisotopic (exact) mass is 434 g/mol. The first-order chi connectivity index (χ1) is 12.4. The summed E-state index contributed by atoms with van der Waals surface area (Å²) in [5, 5.41) is 12.6. The van der Waals surface area contributed by atoms with E-state index in [9.17, 15) is 10.1 Å². The first-order valence-electron chi connectivity index (χ1n) is 7.50. The van der Waals surface area contributed by atoms with Crippen molar-refractivity contribution >= 4 is 45.2 Å². The predicted molar refractivity (Wildman–Crippen MR) is 106 cm³/mol. The van der Waals surface area contributed by atoms with Crippen molar-refractivity contribution in [3.05, 3.63) is 56.5 Å². The first kappa shape index (κ1) is 19.8. The van der Waals surface area contributed by atoms with Gasteiger partial charge in [0.05, 0.1) is 18.7 Å². The largest absolute Gasteiger partial charge is 0.496 e. The van der Waals surface area contributed by atoms with Crippen molar-refractivity contribution in [3.63, 3.8) is 0 Å². The molecule has 0 radical (unpaired) electrons. The van der Waals surface area contributed by atoms with Crippen LogP contribution in [-0.2, 0) is 4.79 Å². The van der Waals surface area contributed by atoms with Crippen molar-refractivity contribution in [2.24, 2.45) is 0 Å². The van der Waals surface area contributed by atoms with Gasteiger partial charge in [0.25, 0.3) is 5.91 Å². The molecule has 0 bridgehead atoms. The van der Waals surface area contributed by atoms with Crippen molar-refractivity contribution in [1.82, 2.24) is 0 Å². The fourth-order valence-corrected chi connectivity index (χ4v) is 2.87. The molecule has 26 heavy (non-hydrogen) atoms. The van der Waals surface area contributed by atoms with Crippen LogP contribution in [-0.4, -0.2) is 20.1 Å². The summed E-state index contributed by atoms with van der Waals surface area (Å²) < 4.78 is 11.2. The van der Waals surface area contributed by atoms with E-state index in [4.69, 9.17) is 21.1 Å². The Morgan fingerprint density at radius 1 is 1.23 bits per heavy atom. The second-order valence-corrected chi connectivity index (χ2v) is 6.58. The average Bonchev–Trinajstić information content (AvgIpc) is 2.62. The Bertz CT molecular complexity index is 920. The molecule has 1 amide bonds. The molecule has 0 atom stereocenters. The van der Waals surface area contributed by atoms with Crippen LogP contribution in [0.25, 0.3) is 6.08 Å². The highest BCUT2D eigenvalue weighted by molar-refractivity contribution is 9.10. The zero-order valence-corrected chi connectivity index (χ0v) is 16.7. The molecular formula is C19H16BrClN2O3. The van der Waals surface area contributed by atoms with Crippen LogP contribution in [0.5, 0.6) is 11.5 Å². The molecule has 0 spiro atoms. The Kier molecular flexibility index (Phi) is 6.67. The second-order valence-electron chi connectivity index (χ2n) is 5.32. The third-order valence-electron chi connectivity index (χ3n) is 3.60. The number of carbonyl (C=O) groups is 1. The Balaban J connectivity index is 2.35. The van der Waals surface area contributed by atoms with E-state index in [2.05, 4.69) is 21.2 Å². The summed E-state index contributed by atoms with van der Waals surface area (Å²) in [6, 6.07) is 10.4. The molecule has 0 aliphatic rings. The van der Waals surface area contributed by atoms with Gasteiger partial charge in [-0.3, -0.25) is 4.79 Å². The summed E-state index contributed by atoms with van der Waals surface area (Å²) in [4.78, 5) is 12.4. The second kappa shape index (κ2) is 8.75. The zero-order chi connectivity index (χ0) is 19.3. The van der Waals surface area contributed by atoms with E-state index in [1.807, 2.05) is 13.0 Å². The summed E-state index contributed by atoms with van der Waals surface area (Å²) in [6.07, 6.45) is 1.45. The summed E-state index contributed by atoms with van der Waals surface area (Å²) in [5.74, 6) is 0.515. The van der Waals surface area contributed by atoms with Crippen molar-refractivity contribution in [2.45, 2.75) is 6.92 Å². The van der Waals surface area contributed by atoms with Gasteiger partial charge in [0, 0.05) is 22.3 Å². The van der Waals surface area contributed by atoms with E-state index >= 15 is 0 Å². The number of nitriles is 1. The van der Waals surface area contributed by atoms with Crippen LogP contribution in [0.4, 0.5) is 5.69 Å². The van der Waals surface area contributed by atoms with E-state index in [1.165, 1.54) is 20.3 Å². The number of hydrogen-bond donors (Lipinski definition) is 1. The number of nitrogens with zero attached hydrogens (tertiary/aromatic N) is 1. The first-order valence-corrected chi connectivity index (χ1v) is 8.67. The highest BCUT2D eigenvalue weighted by atomic mass is 79.9. The molecule has 0 fully saturated rings. The zero-order valence-electron chi connectivity index (χ0n) is 14.4. The van der Waals surface area contributed by atoms with Gasteiger partial charge >= 0.3 is 0 Å². The van der Waals surface area contributed by atoms with Crippen molar-refractivity contribution in [3.8, 4) is 17.6 Å². The molecule has 0 aliphatic carbocycles. The van der Waals surface area contributed by atoms with Gasteiger partial charge in [-0.15, -0.1) is 0 Å². The predicted octanol–water partition coefficient (Wildman–Crippen LogP) is 4.97. The Morgan fingerprint density at radius 3 is 2.50 bits per heavy atom. The van der Waals surface area contributed by atoms with Gasteiger partial charge in [-0.25, -0.2) is 0 Å². The lowest BCUT2D eigenvalue weighted by Gasteiger charge is -2.10. The number of carbonyl (C=O) groups excluding carboxylic acids is 1. The van der Waals surface area contributed by atoms with Gasteiger partial charge in [-0.2, -0.15) is 5.26 Å². The van der Waals surface area contributed by atoms with Crippen LogP contribution in [0.15, 0.2) is 40.4 Å². The molecule has 2 aromatic carbocycles. The summed E-state index contributed by atoms with van der Waals surface area (Å²) in [6.45, 7) is 1.86. The maximum Gasteiger partial charge on any atom is 0.266 e.